The molecule has 0 heterocycles. The predicted octanol–water partition coefficient (Wildman–Crippen LogP) is 3.29. The SMILES string of the molecule is CC(=O)Nc1cccc(NC(=O)C(=O)Nc2ccc(Br)cc2C)c1. The Balaban J connectivity index is 2.03. The van der Waals surface area contributed by atoms with Crippen molar-refractivity contribution in [2.45, 2.75) is 13.8 Å². The molecule has 3 N–H and O–H groups in total. The van der Waals surface area contributed by atoms with Gasteiger partial charge in [-0.05, 0) is 48.9 Å². The van der Waals surface area contributed by atoms with Crippen molar-refractivity contribution in [1.29, 1.82) is 0 Å². The van der Waals surface area contributed by atoms with Crippen LogP contribution in [0.15, 0.2) is 46.9 Å². The molecule has 0 unspecified atom stereocenters. The number of carbonyl (C=O) groups is 3. The van der Waals surface area contributed by atoms with Crippen molar-refractivity contribution in [3.63, 3.8) is 0 Å². The third-order valence-electron chi connectivity index (χ3n) is 3.08. The van der Waals surface area contributed by atoms with Crippen LogP contribution >= 0.6 is 15.9 Å². The average molecular weight is 390 g/mol. The minimum atomic E-state index is -0.794. The highest BCUT2D eigenvalue weighted by Crippen LogP contribution is 2.20. The largest absolute Gasteiger partial charge is 0.326 e. The van der Waals surface area contributed by atoms with Crippen molar-refractivity contribution in [3.05, 3.63) is 52.5 Å². The van der Waals surface area contributed by atoms with Gasteiger partial charge in [0, 0.05) is 28.5 Å². The molecule has 124 valence electrons. The second kappa shape index (κ2) is 7.74. The molecular weight excluding hydrogens is 374 g/mol. The zero-order valence-corrected chi connectivity index (χ0v) is 14.7. The Morgan fingerprint density at radius 1 is 0.875 bits per heavy atom. The summed E-state index contributed by atoms with van der Waals surface area (Å²) in [6.45, 7) is 3.22. The molecule has 0 atom stereocenters. The number of carbonyl (C=O) groups excluding carboxylic acids is 3. The molecule has 0 aliphatic rings. The minimum absolute atomic E-state index is 0.220. The molecular formula is C17H16BrN3O3. The molecule has 2 rings (SSSR count). The summed E-state index contributed by atoms with van der Waals surface area (Å²) in [5.74, 6) is -1.79. The summed E-state index contributed by atoms with van der Waals surface area (Å²) >= 11 is 3.34. The summed E-state index contributed by atoms with van der Waals surface area (Å²) in [4.78, 5) is 35.1. The monoisotopic (exact) mass is 389 g/mol. The molecule has 6 nitrogen and oxygen atoms in total. The highest BCUT2D eigenvalue weighted by molar-refractivity contribution is 9.10. The lowest BCUT2D eigenvalue weighted by atomic mass is 10.2. The Morgan fingerprint density at radius 3 is 2.12 bits per heavy atom. The number of benzene rings is 2. The van der Waals surface area contributed by atoms with Gasteiger partial charge in [0.15, 0.2) is 0 Å². The first-order chi connectivity index (χ1) is 11.3. The van der Waals surface area contributed by atoms with E-state index in [2.05, 4.69) is 31.9 Å². The van der Waals surface area contributed by atoms with Crippen LogP contribution in [0.25, 0.3) is 0 Å². The van der Waals surface area contributed by atoms with Crippen LogP contribution in [-0.2, 0) is 14.4 Å². The second-order valence-corrected chi connectivity index (χ2v) is 6.05. The molecule has 0 aliphatic carbocycles. The molecule has 2 aromatic carbocycles. The summed E-state index contributed by atoms with van der Waals surface area (Å²) in [7, 11) is 0. The van der Waals surface area contributed by atoms with E-state index < -0.39 is 11.8 Å². The minimum Gasteiger partial charge on any atom is -0.326 e. The number of hydrogen-bond acceptors (Lipinski definition) is 3. The lowest BCUT2D eigenvalue weighted by Gasteiger charge is -2.10. The summed E-state index contributed by atoms with van der Waals surface area (Å²) in [5.41, 5.74) is 2.34. The predicted molar refractivity (Wildman–Crippen MR) is 96.9 cm³/mol. The van der Waals surface area contributed by atoms with Gasteiger partial charge in [-0.2, -0.15) is 0 Å². The molecule has 24 heavy (non-hydrogen) atoms. The second-order valence-electron chi connectivity index (χ2n) is 5.13. The van der Waals surface area contributed by atoms with Crippen LogP contribution in [0.3, 0.4) is 0 Å². The van der Waals surface area contributed by atoms with Crippen molar-refractivity contribution in [2.24, 2.45) is 0 Å². The Bertz CT molecular complexity index is 805. The zero-order chi connectivity index (χ0) is 17.7. The summed E-state index contributed by atoms with van der Waals surface area (Å²) in [6, 6.07) is 11.9. The molecule has 0 fully saturated rings. The van der Waals surface area contributed by atoms with Crippen molar-refractivity contribution in [3.8, 4) is 0 Å². The van der Waals surface area contributed by atoms with E-state index in [1.807, 2.05) is 13.0 Å². The molecule has 0 bridgehead atoms. The first kappa shape index (κ1) is 17.7. The summed E-state index contributed by atoms with van der Waals surface area (Å²) < 4.78 is 0.886. The smallest absolute Gasteiger partial charge is 0.314 e. The van der Waals surface area contributed by atoms with Crippen LogP contribution in [0.1, 0.15) is 12.5 Å². The van der Waals surface area contributed by atoms with E-state index in [0.29, 0.717) is 17.1 Å². The number of amides is 3. The molecule has 0 spiro atoms. The van der Waals surface area contributed by atoms with E-state index in [9.17, 15) is 14.4 Å². The lowest BCUT2D eigenvalue weighted by Crippen LogP contribution is -2.29. The Hall–Kier alpha value is -2.67. The maximum atomic E-state index is 12.0. The van der Waals surface area contributed by atoms with Crippen molar-refractivity contribution >= 4 is 50.7 Å². The van der Waals surface area contributed by atoms with E-state index in [0.717, 1.165) is 10.0 Å². The van der Waals surface area contributed by atoms with Gasteiger partial charge >= 0.3 is 11.8 Å². The maximum absolute atomic E-state index is 12.0. The molecule has 0 aromatic heterocycles. The van der Waals surface area contributed by atoms with Crippen molar-refractivity contribution in [1.82, 2.24) is 0 Å². The van der Waals surface area contributed by atoms with Gasteiger partial charge in [0.05, 0.1) is 0 Å². The van der Waals surface area contributed by atoms with E-state index in [1.54, 1.807) is 36.4 Å². The average Bonchev–Trinajstić information content (AvgIpc) is 2.49. The number of aryl methyl sites for hydroxylation is 1. The van der Waals surface area contributed by atoms with Gasteiger partial charge < -0.3 is 16.0 Å². The zero-order valence-electron chi connectivity index (χ0n) is 13.1. The third kappa shape index (κ3) is 4.92. The Labute approximate surface area is 147 Å². The molecule has 3 amide bonds. The van der Waals surface area contributed by atoms with Crippen LogP contribution in [0.4, 0.5) is 17.1 Å². The van der Waals surface area contributed by atoms with Crippen LogP contribution in [0, 0.1) is 6.92 Å². The number of halogens is 1. The van der Waals surface area contributed by atoms with E-state index in [1.165, 1.54) is 6.92 Å². The Kier molecular flexibility index (Phi) is 5.70. The number of rotatable bonds is 3. The van der Waals surface area contributed by atoms with Crippen molar-refractivity contribution in [2.75, 3.05) is 16.0 Å². The summed E-state index contributed by atoms with van der Waals surface area (Å²) in [5, 5.41) is 7.66. The molecule has 0 aliphatic heterocycles. The highest BCUT2D eigenvalue weighted by Gasteiger charge is 2.15. The van der Waals surface area contributed by atoms with Crippen LogP contribution in [-0.4, -0.2) is 17.7 Å². The number of hydrogen-bond donors (Lipinski definition) is 3. The number of anilines is 3. The normalized spacial score (nSPS) is 9.96. The molecule has 0 saturated carbocycles. The fraction of sp³-hybridized carbons (Fsp3) is 0.118. The van der Waals surface area contributed by atoms with E-state index in [4.69, 9.17) is 0 Å². The first-order valence-corrected chi connectivity index (χ1v) is 7.90. The van der Waals surface area contributed by atoms with Gasteiger partial charge in [0.2, 0.25) is 5.91 Å². The molecule has 7 heteroatoms. The standard InChI is InChI=1S/C17H16BrN3O3/c1-10-8-12(18)6-7-15(10)21-17(24)16(23)20-14-5-3-4-13(9-14)19-11(2)22/h3-9H,1-2H3,(H,19,22)(H,20,23)(H,21,24). The van der Waals surface area contributed by atoms with Gasteiger partial charge in [0.25, 0.3) is 0 Å². The topological polar surface area (TPSA) is 87.3 Å². The van der Waals surface area contributed by atoms with E-state index in [-0.39, 0.29) is 5.91 Å². The van der Waals surface area contributed by atoms with Crippen LogP contribution in [0.2, 0.25) is 0 Å². The van der Waals surface area contributed by atoms with Crippen LogP contribution in [0.5, 0.6) is 0 Å². The summed E-state index contributed by atoms with van der Waals surface area (Å²) in [6.07, 6.45) is 0. The quantitative estimate of drug-likeness (QED) is 0.703. The van der Waals surface area contributed by atoms with Gasteiger partial charge in [-0.15, -0.1) is 0 Å². The van der Waals surface area contributed by atoms with Gasteiger partial charge in [-0.25, -0.2) is 0 Å². The number of nitrogens with one attached hydrogen (secondary N) is 3. The molecule has 0 saturated heterocycles. The highest BCUT2D eigenvalue weighted by atomic mass is 79.9. The third-order valence-corrected chi connectivity index (χ3v) is 3.58. The molecule has 2 aromatic rings. The molecule has 0 radical (unpaired) electrons. The fourth-order valence-electron chi connectivity index (χ4n) is 2.01. The van der Waals surface area contributed by atoms with Crippen LogP contribution < -0.4 is 16.0 Å². The first-order valence-electron chi connectivity index (χ1n) is 7.11. The van der Waals surface area contributed by atoms with E-state index >= 15 is 0 Å². The fourth-order valence-corrected chi connectivity index (χ4v) is 2.49. The van der Waals surface area contributed by atoms with Gasteiger partial charge in [-0.1, -0.05) is 22.0 Å². The maximum Gasteiger partial charge on any atom is 0.314 e. The van der Waals surface area contributed by atoms with Crippen molar-refractivity contribution < 1.29 is 14.4 Å². The lowest BCUT2D eigenvalue weighted by molar-refractivity contribution is -0.133. The Morgan fingerprint density at radius 2 is 1.50 bits per heavy atom. The van der Waals surface area contributed by atoms with Gasteiger partial charge in [0.1, 0.15) is 0 Å². The van der Waals surface area contributed by atoms with Gasteiger partial charge in [-0.3, -0.25) is 14.4 Å².